The molecule has 1 heterocycles. The number of benzene rings is 1. The van der Waals surface area contributed by atoms with Crippen LogP contribution in [0.25, 0.3) is 0 Å². The molecule has 0 bridgehead atoms. The van der Waals surface area contributed by atoms with E-state index in [4.69, 9.17) is 16.1 Å². The molecule has 0 aliphatic heterocycles. The van der Waals surface area contributed by atoms with Gasteiger partial charge in [-0.05, 0) is 86.8 Å². The van der Waals surface area contributed by atoms with Gasteiger partial charge in [0.15, 0.2) is 0 Å². The predicted molar refractivity (Wildman–Crippen MR) is 135 cm³/mol. The van der Waals surface area contributed by atoms with Gasteiger partial charge in [0.2, 0.25) is 0 Å². The van der Waals surface area contributed by atoms with E-state index >= 15 is 0 Å². The van der Waals surface area contributed by atoms with Gasteiger partial charge in [-0.25, -0.2) is 0 Å². The van der Waals surface area contributed by atoms with Crippen LogP contribution in [0.4, 0.5) is 0 Å². The first-order valence-corrected chi connectivity index (χ1v) is 13.6. The molecule has 0 radical (unpaired) electrons. The molecule has 188 valence electrons. The molecular formula is C29H36ClNO4. The average Bonchev–Trinajstić information content (AvgIpc) is 3.35. The molecule has 0 saturated heterocycles. The van der Waals surface area contributed by atoms with Gasteiger partial charge < -0.3 is 9.63 Å². The van der Waals surface area contributed by atoms with E-state index in [1.807, 2.05) is 25.1 Å². The van der Waals surface area contributed by atoms with E-state index in [-0.39, 0.29) is 24.0 Å². The van der Waals surface area contributed by atoms with Crippen LogP contribution in [0, 0.1) is 30.6 Å². The van der Waals surface area contributed by atoms with Crippen molar-refractivity contribution in [3.05, 3.63) is 51.4 Å². The molecule has 3 aliphatic rings. The maximum Gasteiger partial charge on any atom is 0.306 e. The zero-order valence-electron chi connectivity index (χ0n) is 20.9. The summed E-state index contributed by atoms with van der Waals surface area (Å²) in [6.07, 6.45) is 6.79. The summed E-state index contributed by atoms with van der Waals surface area (Å²) in [5.74, 6) is 1.44. The molecule has 3 aliphatic carbocycles. The highest BCUT2D eigenvalue weighted by atomic mass is 35.5. The summed E-state index contributed by atoms with van der Waals surface area (Å²) >= 11 is 6.42. The van der Waals surface area contributed by atoms with Crippen LogP contribution in [0.15, 0.2) is 22.7 Å². The lowest BCUT2D eigenvalue weighted by atomic mass is 9.69. The van der Waals surface area contributed by atoms with Gasteiger partial charge in [-0.15, -0.1) is 0 Å². The van der Waals surface area contributed by atoms with Crippen molar-refractivity contribution in [3.63, 3.8) is 0 Å². The van der Waals surface area contributed by atoms with Crippen molar-refractivity contribution in [2.75, 3.05) is 0 Å². The van der Waals surface area contributed by atoms with Crippen LogP contribution in [0.1, 0.15) is 105 Å². The quantitative estimate of drug-likeness (QED) is 0.401. The second-order valence-electron chi connectivity index (χ2n) is 11.7. The number of ketones is 1. The summed E-state index contributed by atoms with van der Waals surface area (Å²) in [6, 6.07) is 5.74. The standard InChI is InChI=1S/C29H36ClNO4/c1-15(2)8-17-10-20(11-17)28-26(18-6-7-18)27(31-35-28)23-13-21(29(33)34)12-22(23)25(32)14-19-5-4-16(3)9-24(19)30/h4-5,9,15,17-18,20-23H,6-8,10-14H2,1-3H3,(H,33,34)/t17?,20?,21-,22+,23+/m1/s1. The summed E-state index contributed by atoms with van der Waals surface area (Å²) in [5, 5.41) is 15.0. The fourth-order valence-corrected chi connectivity index (χ4v) is 6.79. The van der Waals surface area contributed by atoms with E-state index < -0.39 is 11.9 Å². The molecule has 0 amide bonds. The van der Waals surface area contributed by atoms with Gasteiger partial charge in [0.1, 0.15) is 11.5 Å². The molecule has 0 unspecified atom stereocenters. The van der Waals surface area contributed by atoms with E-state index in [2.05, 4.69) is 19.0 Å². The minimum absolute atomic E-state index is 0.0523. The van der Waals surface area contributed by atoms with Gasteiger partial charge in [-0.1, -0.05) is 42.7 Å². The number of hydrogen-bond donors (Lipinski definition) is 1. The van der Waals surface area contributed by atoms with E-state index in [0.717, 1.165) is 54.2 Å². The highest BCUT2D eigenvalue weighted by Gasteiger charge is 2.48. The van der Waals surface area contributed by atoms with Crippen LogP contribution in [0.2, 0.25) is 5.02 Å². The second-order valence-corrected chi connectivity index (χ2v) is 12.1. The lowest BCUT2D eigenvalue weighted by molar-refractivity contribution is -0.141. The number of aliphatic carboxylic acids is 1. The van der Waals surface area contributed by atoms with Crippen molar-refractivity contribution >= 4 is 23.4 Å². The number of aryl methyl sites for hydroxylation is 1. The highest BCUT2D eigenvalue weighted by Crippen LogP contribution is 2.55. The summed E-state index contributed by atoms with van der Waals surface area (Å²) in [5.41, 5.74) is 3.92. The molecule has 0 spiro atoms. The fraction of sp³-hybridized carbons (Fsp3) is 0.621. The summed E-state index contributed by atoms with van der Waals surface area (Å²) < 4.78 is 6.01. The Morgan fingerprint density at radius 1 is 1.14 bits per heavy atom. The van der Waals surface area contributed by atoms with E-state index in [0.29, 0.717) is 35.6 Å². The van der Waals surface area contributed by atoms with Crippen molar-refractivity contribution in [1.82, 2.24) is 5.16 Å². The van der Waals surface area contributed by atoms with Crippen LogP contribution in [-0.2, 0) is 16.0 Å². The number of carbonyl (C=O) groups excluding carboxylic acids is 1. The van der Waals surface area contributed by atoms with Crippen LogP contribution in [-0.4, -0.2) is 22.0 Å². The Balaban J connectivity index is 1.40. The molecule has 1 aromatic heterocycles. The summed E-state index contributed by atoms with van der Waals surface area (Å²) in [7, 11) is 0. The Morgan fingerprint density at radius 2 is 1.89 bits per heavy atom. The second kappa shape index (κ2) is 9.72. The Labute approximate surface area is 212 Å². The number of Topliss-reactive ketones (excluding diaryl/α,β-unsaturated/α-hetero) is 1. The van der Waals surface area contributed by atoms with Crippen molar-refractivity contribution in [2.24, 2.45) is 23.7 Å². The van der Waals surface area contributed by atoms with Gasteiger partial charge in [-0.3, -0.25) is 9.59 Å². The molecule has 1 N–H and O–H groups in total. The van der Waals surface area contributed by atoms with Crippen LogP contribution < -0.4 is 0 Å². The number of rotatable bonds is 9. The van der Waals surface area contributed by atoms with Gasteiger partial charge in [0, 0.05) is 34.8 Å². The zero-order valence-corrected chi connectivity index (χ0v) is 21.7. The average molecular weight is 498 g/mol. The number of carbonyl (C=O) groups is 2. The Morgan fingerprint density at radius 3 is 2.51 bits per heavy atom. The molecule has 3 fully saturated rings. The van der Waals surface area contributed by atoms with Crippen molar-refractivity contribution in [3.8, 4) is 0 Å². The Bertz CT molecular complexity index is 1110. The van der Waals surface area contributed by atoms with Gasteiger partial charge in [0.05, 0.1) is 11.6 Å². The molecule has 35 heavy (non-hydrogen) atoms. The summed E-state index contributed by atoms with van der Waals surface area (Å²) in [4.78, 5) is 25.5. The maximum absolute atomic E-state index is 13.5. The van der Waals surface area contributed by atoms with Gasteiger partial charge in [0.25, 0.3) is 0 Å². The largest absolute Gasteiger partial charge is 0.481 e. The number of nitrogens with zero attached hydrogens (tertiary/aromatic N) is 1. The number of aromatic nitrogens is 1. The predicted octanol–water partition coefficient (Wildman–Crippen LogP) is 7.06. The minimum atomic E-state index is -0.828. The monoisotopic (exact) mass is 497 g/mol. The smallest absolute Gasteiger partial charge is 0.306 e. The van der Waals surface area contributed by atoms with Crippen LogP contribution >= 0.6 is 11.6 Å². The lowest BCUT2D eigenvalue weighted by Crippen LogP contribution is -2.24. The highest BCUT2D eigenvalue weighted by molar-refractivity contribution is 6.31. The molecule has 6 heteroatoms. The zero-order chi connectivity index (χ0) is 24.9. The van der Waals surface area contributed by atoms with Crippen LogP contribution in [0.3, 0.4) is 0 Å². The third-order valence-electron chi connectivity index (χ3n) is 8.43. The maximum atomic E-state index is 13.5. The normalized spacial score (nSPS) is 28.3. The van der Waals surface area contributed by atoms with Gasteiger partial charge in [-0.2, -0.15) is 0 Å². The Hall–Kier alpha value is -2.14. The molecule has 1 aromatic carbocycles. The van der Waals surface area contributed by atoms with Crippen LogP contribution in [0.5, 0.6) is 0 Å². The Kier molecular flexibility index (Phi) is 6.82. The number of hydrogen-bond acceptors (Lipinski definition) is 4. The van der Waals surface area contributed by atoms with Crippen molar-refractivity contribution in [2.45, 2.75) is 89.9 Å². The first-order chi connectivity index (χ1) is 16.7. The van der Waals surface area contributed by atoms with E-state index in [1.165, 1.54) is 12.0 Å². The van der Waals surface area contributed by atoms with Crippen molar-refractivity contribution < 1.29 is 19.2 Å². The summed E-state index contributed by atoms with van der Waals surface area (Å²) in [6.45, 7) is 6.52. The minimum Gasteiger partial charge on any atom is -0.481 e. The third kappa shape index (κ3) is 5.07. The first kappa shape index (κ1) is 24.5. The lowest BCUT2D eigenvalue weighted by Gasteiger charge is -2.35. The van der Waals surface area contributed by atoms with Crippen molar-refractivity contribution in [1.29, 1.82) is 0 Å². The first-order valence-electron chi connectivity index (χ1n) is 13.2. The molecule has 3 atom stereocenters. The molecule has 5 rings (SSSR count). The SMILES string of the molecule is Cc1ccc(CC(=O)[C@H]2C[C@@H](C(=O)O)C[C@@H]2c2noc(C3CC(CC(C)C)C3)c2C2CC2)c(Cl)c1. The topological polar surface area (TPSA) is 80.4 Å². The molecule has 2 aromatic rings. The molecular weight excluding hydrogens is 462 g/mol. The molecule has 3 saturated carbocycles. The van der Waals surface area contributed by atoms with Gasteiger partial charge >= 0.3 is 5.97 Å². The molecule has 5 nitrogen and oxygen atoms in total. The fourth-order valence-electron chi connectivity index (χ4n) is 6.49. The van der Waals surface area contributed by atoms with E-state index in [9.17, 15) is 14.7 Å². The number of carboxylic acids is 1. The van der Waals surface area contributed by atoms with E-state index in [1.54, 1.807) is 0 Å². The third-order valence-corrected chi connectivity index (χ3v) is 8.78. The number of carboxylic acid groups (broad SMARTS) is 1. The number of halogens is 1.